The van der Waals surface area contributed by atoms with E-state index in [2.05, 4.69) is 48.6 Å². The molecule has 1 fully saturated rings. The Kier molecular flexibility index (Phi) is 3.52. The number of hydrogen-bond donors (Lipinski definition) is 1. The molecule has 24 heavy (non-hydrogen) atoms. The molecule has 0 unspecified atom stereocenters. The van der Waals surface area contributed by atoms with E-state index in [1.807, 2.05) is 6.07 Å². The Bertz CT molecular complexity index is 763. The number of aromatic nitrogens is 1. The molecule has 0 radical (unpaired) electrons. The van der Waals surface area contributed by atoms with Crippen LogP contribution in [0, 0.1) is 5.41 Å². The number of rotatable bonds is 4. The summed E-state index contributed by atoms with van der Waals surface area (Å²) in [5.74, 6) is 0.301. The third-order valence-electron chi connectivity index (χ3n) is 5.96. The summed E-state index contributed by atoms with van der Waals surface area (Å²) in [7, 11) is 0. The van der Waals surface area contributed by atoms with Gasteiger partial charge in [0.1, 0.15) is 0 Å². The molecule has 2 aliphatic carbocycles. The fourth-order valence-corrected chi connectivity index (χ4v) is 4.24. The van der Waals surface area contributed by atoms with Gasteiger partial charge in [0.05, 0.1) is 5.69 Å². The fourth-order valence-electron chi connectivity index (χ4n) is 4.24. The van der Waals surface area contributed by atoms with E-state index in [0.717, 1.165) is 43.4 Å². The second kappa shape index (κ2) is 5.47. The molecular weight excluding hydrogens is 300 g/mol. The van der Waals surface area contributed by atoms with Gasteiger partial charge in [-0.15, -0.1) is 0 Å². The normalized spacial score (nSPS) is 24.2. The molecule has 2 aromatic rings. The number of fused-ring (bicyclic) bond motifs is 1. The summed E-state index contributed by atoms with van der Waals surface area (Å²) in [6, 6.07) is 10.5. The molecule has 1 saturated carbocycles. The van der Waals surface area contributed by atoms with Crippen LogP contribution in [0.1, 0.15) is 60.5 Å². The summed E-state index contributed by atoms with van der Waals surface area (Å²) >= 11 is 0. The quantitative estimate of drug-likeness (QED) is 0.934. The molecule has 4 rings (SSSR count). The fraction of sp³-hybridized carbons (Fsp3) is 0.500. The topological polar surface area (TPSA) is 55.1 Å². The summed E-state index contributed by atoms with van der Waals surface area (Å²) in [6.07, 6.45) is 5.14. The van der Waals surface area contributed by atoms with E-state index in [4.69, 9.17) is 4.52 Å². The number of carbonyl (C=O) groups is 1. The van der Waals surface area contributed by atoms with Gasteiger partial charge in [-0.1, -0.05) is 49.3 Å². The Balaban J connectivity index is 1.52. The van der Waals surface area contributed by atoms with E-state index in [0.29, 0.717) is 12.3 Å². The lowest BCUT2D eigenvalue weighted by Crippen LogP contribution is -2.35. The van der Waals surface area contributed by atoms with Crippen LogP contribution in [-0.4, -0.2) is 17.6 Å². The van der Waals surface area contributed by atoms with Crippen molar-refractivity contribution in [3.05, 3.63) is 52.9 Å². The van der Waals surface area contributed by atoms with E-state index in [1.165, 1.54) is 5.56 Å². The lowest BCUT2D eigenvalue weighted by Gasteiger charge is -2.21. The first-order valence-electron chi connectivity index (χ1n) is 8.85. The van der Waals surface area contributed by atoms with Crippen LogP contribution in [0.25, 0.3) is 0 Å². The van der Waals surface area contributed by atoms with Gasteiger partial charge in [0, 0.05) is 17.5 Å². The number of hydrogen-bond acceptors (Lipinski definition) is 3. The Morgan fingerprint density at radius 2 is 1.92 bits per heavy atom. The third-order valence-corrected chi connectivity index (χ3v) is 5.96. The summed E-state index contributed by atoms with van der Waals surface area (Å²) in [5, 5.41) is 7.21. The number of carbonyl (C=O) groups excluding carboxylic acids is 1. The maximum atomic E-state index is 12.6. The van der Waals surface area contributed by atoms with E-state index in [1.54, 1.807) is 0 Å². The van der Waals surface area contributed by atoms with Crippen LogP contribution in [0.4, 0.5) is 0 Å². The Morgan fingerprint density at radius 3 is 2.62 bits per heavy atom. The van der Waals surface area contributed by atoms with Gasteiger partial charge < -0.3 is 9.84 Å². The highest BCUT2D eigenvalue weighted by atomic mass is 16.5. The van der Waals surface area contributed by atoms with Crippen molar-refractivity contribution >= 4 is 5.91 Å². The van der Waals surface area contributed by atoms with Crippen molar-refractivity contribution in [1.82, 2.24) is 10.5 Å². The Labute approximate surface area is 142 Å². The molecule has 1 atom stereocenters. The summed E-state index contributed by atoms with van der Waals surface area (Å²) in [5.41, 5.74) is 3.50. The van der Waals surface area contributed by atoms with Crippen LogP contribution in [0.5, 0.6) is 0 Å². The SMILES string of the molecule is CC1(C)C[C@@]1(CNC(=O)c1onc2c1CCCC2)c1ccccc1. The van der Waals surface area contributed by atoms with Crippen molar-refractivity contribution in [2.24, 2.45) is 5.41 Å². The zero-order valence-corrected chi connectivity index (χ0v) is 14.4. The Hall–Kier alpha value is -2.10. The first kappa shape index (κ1) is 15.4. The van der Waals surface area contributed by atoms with Gasteiger partial charge in [0.2, 0.25) is 5.76 Å². The molecule has 0 bridgehead atoms. The van der Waals surface area contributed by atoms with Gasteiger partial charge in [-0.3, -0.25) is 4.79 Å². The molecule has 1 aromatic heterocycles. The molecule has 0 spiro atoms. The second-order valence-electron chi connectivity index (χ2n) is 7.84. The van der Waals surface area contributed by atoms with Crippen LogP contribution < -0.4 is 5.32 Å². The summed E-state index contributed by atoms with van der Waals surface area (Å²) in [4.78, 5) is 12.6. The number of nitrogens with one attached hydrogen (secondary N) is 1. The molecule has 1 amide bonds. The predicted octanol–water partition coefficient (Wildman–Crippen LogP) is 3.65. The molecule has 2 aliphatic rings. The average Bonchev–Trinajstić information content (AvgIpc) is 2.95. The van der Waals surface area contributed by atoms with E-state index in [9.17, 15) is 4.79 Å². The van der Waals surface area contributed by atoms with Crippen molar-refractivity contribution < 1.29 is 9.32 Å². The molecule has 4 heteroatoms. The standard InChI is InChI=1S/C20H24N2O2/c1-19(2)12-20(19,14-8-4-3-5-9-14)13-21-18(23)17-15-10-6-7-11-16(15)22-24-17/h3-5,8-9H,6-7,10-13H2,1-2H3,(H,21,23)/t20-/m1/s1. The van der Waals surface area contributed by atoms with Gasteiger partial charge in [-0.05, 0) is 43.1 Å². The third kappa shape index (κ3) is 2.36. The van der Waals surface area contributed by atoms with E-state index >= 15 is 0 Å². The first-order valence-corrected chi connectivity index (χ1v) is 8.85. The largest absolute Gasteiger partial charge is 0.350 e. The first-order chi connectivity index (χ1) is 11.5. The van der Waals surface area contributed by atoms with Crippen LogP contribution in [0.15, 0.2) is 34.9 Å². The van der Waals surface area contributed by atoms with Gasteiger partial charge in [-0.25, -0.2) is 0 Å². The number of amides is 1. The number of aryl methyl sites for hydroxylation is 1. The number of nitrogens with zero attached hydrogens (tertiary/aromatic N) is 1. The number of benzene rings is 1. The minimum Gasteiger partial charge on any atom is -0.350 e. The zero-order valence-electron chi connectivity index (χ0n) is 14.4. The van der Waals surface area contributed by atoms with Crippen LogP contribution >= 0.6 is 0 Å². The minimum atomic E-state index is -0.122. The van der Waals surface area contributed by atoms with Crippen molar-refractivity contribution in [2.75, 3.05) is 6.54 Å². The van der Waals surface area contributed by atoms with Crippen molar-refractivity contribution in [2.45, 2.75) is 51.4 Å². The van der Waals surface area contributed by atoms with Gasteiger partial charge in [0.15, 0.2) is 0 Å². The molecule has 4 nitrogen and oxygen atoms in total. The van der Waals surface area contributed by atoms with Gasteiger partial charge in [0.25, 0.3) is 5.91 Å². The smallest absolute Gasteiger partial charge is 0.290 e. The molecular formula is C20H24N2O2. The van der Waals surface area contributed by atoms with E-state index in [-0.39, 0.29) is 16.7 Å². The van der Waals surface area contributed by atoms with Crippen LogP contribution in [0.3, 0.4) is 0 Å². The molecule has 1 N–H and O–H groups in total. The van der Waals surface area contributed by atoms with Gasteiger partial charge >= 0.3 is 0 Å². The predicted molar refractivity (Wildman–Crippen MR) is 92.0 cm³/mol. The highest BCUT2D eigenvalue weighted by molar-refractivity contribution is 5.93. The minimum absolute atomic E-state index is 0.0179. The van der Waals surface area contributed by atoms with Crippen molar-refractivity contribution in [1.29, 1.82) is 0 Å². The highest BCUT2D eigenvalue weighted by Gasteiger charge is 2.61. The maximum absolute atomic E-state index is 12.6. The Morgan fingerprint density at radius 1 is 1.21 bits per heavy atom. The molecule has 0 saturated heterocycles. The van der Waals surface area contributed by atoms with Crippen molar-refractivity contribution in [3.63, 3.8) is 0 Å². The second-order valence-corrected chi connectivity index (χ2v) is 7.84. The lowest BCUT2D eigenvalue weighted by atomic mass is 9.87. The van der Waals surface area contributed by atoms with Crippen LogP contribution in [0.2, 0.25) is 0 Å². The lowest BCUT2D eigenvalue weighted by molar-refractivity contribution is 0.0909. The van der Waals surface area contributed by atoms with Crippen LogP contribution in [-0.2, 0) is 18.3 Å². The van der Waals surface area contributed by atoms with E-state index < -0.39 is 0 Å². The molecule has 1 heterocycles. The summed E-state index contributed by atoms with van der Waals surface area (Å²) < 4.78 is 5.36. The van der Waals surface area contributed by atoms with Gasteiger partial charge in [-0.2, -0.15) is 0 Å². The monoisotopic (exact) mass is 324 g/mol. The molecule has 0 aliphatic heterocycles. The van der Waals surface area contributed by atoms with Crippen molar-refractivity contribution in [3.8, 4) is 0 Å². The molecule has 1 aromatic carbocycles. The zero-order chi connectivity index (χ0) is 16.8. The maximum Gasteiger partial charge on any atom is 0.290 e. The highest BCUT2D eigenvalue weighted by Crippen LogP contribution is 2.63. The average molecular weight is 324 g/mol. The summed E-state index contributed by atoms with van der Waals surface area (Å²) in [6.45, 7) is 5.17. The molecule has 126 valence electrons.